The monoisotopic (exact) mass is 270 g/mol. The van der Waals surface area contributed by atoms with Gasteiger partial charge in [0.1, 0.15) is 11.6 Å². The van der Waals surface area contributed by atoms with Gasteiger partial charge in [0.15, 0.2) is 0 Å². The second-order valence-electron chi connectivity index (χ2n) is 3.78. The molecule has 1 fully saturated rings. The maximum atomic E-state index is 4.38. The molecule has 0 unspecified atom stereocenters. The summed E-state index contributed by atoms with van der Waals surface area (Å²) >= 11 is 3.45. The Kier molecular flexibility index (Phi) is 3.53. The lowest BCUT2D eigenvalue weighted by Gasteiger charge is -2.24. The van der Waals surface area contributed by atoms with Crippen LogP contribution < -0.4 is 10.6 Å². The molecule has 2 N–H and O–H groups in total. The molecule has 2 rings (SSSR count). The van der Waals surface area contributed by atoms with E-state index in [1.54, 1.807) is 6.20 Å². The van der Waals surface area contributed by atoms with Crippen LogP contribution in [0.3, 0.4) is 0 Å². The van der Waals surface area contributed by atoms with Gasteiger partial charge in [-0.1, -0.05) is 0 Å². The molecule has 1 aromatic rings. The van der Waals surface area contributed by atoms with Crippen LogP contribution in [-0.4, -0.2) is 29.1 Å². The van der Waals surface area contributed by atoms with Crippen LogP contribution in [0.15, 0.2) is 10.7 Å². The first-order valence-corrected chi connectivity index (χ1v) is 6.01. The number of anilines is 1. The Balaban J connectivity index is 2.05. The van der Waals surface area contributed by atoms with E-state index in [0.717, 1.165) is 42.0 Å². The molecule has 1 saturated heterocycles. The Hall–Kier alpha value is -0.680. The molecule has 5 heteroatoms. The predicted octanol–water partition coefficient (Wildman–Crippen LogP) is 1.71. The van der Waals surface area contributed by atoms with Gasteiger partial charge in [-0.05, 0) is 48.8 Å². The average molecular weight is 271 g/mol. The molecule has 2 heterocycles. The number of piperidine rings is 1. The summed E-state index contributed by atoms with van der Waals surface area (Å²) in [5, 5.41) is 6.79. The van der Waals surface area contributed by atoms with Crippen LogP contribution in [0.5, 0.6) is 0 Å². The molecule has 4 nitrogen and oxygen atoms in total. The van der Waals surface area contributed by atoms with E-state index in [9.17, 15) is 0 Å². The van der Waals surface area contributed by atoms with Crippen molar-refractivity contribution in [1.82, 2.24) is 15.3 Å². The number of aryl methyl sites for hydroxylation is 1. The quantitative estimate of drug-likeness (QED) is 0.859. The Bertz CT molecular complexity index is 336. The van der Waals surface area contributed by atoms with E-state index in [2.05, 4.69) is 36.5 Å². The second-order valence-corrected chi connectivity index (χ2v) is 4.64. The summed E-state index contributed by atoms with van der Waals surface area (Å²) in [6.45, 7) is 4.07. The summed E-state index contributed by atoms with van der Waals surface area (Å²) in [5.41, 5.74) is 0. The molecule has 0 spiro atoms. The summed E-state index contributed by atoms with van der Waals surface area (Å²) in [6.07, 6.45) is 4.09. The molecule has 0 radical (unpaired) electrons. The van der Waals surface area contributed by atoms with Crippen molar-refractivity contribution in [3.8, 4) is 0 Å². The molecule has 0 bridgehead atoms. The SMILES string of the molecule is Cc1ncc(Br)c(NC2CCNCC2)n1. The number of halogens is 1. The Morgan fingerprint density at radius 1 is 1.47 bits per heavy atom. The van der Waals surface area contributed by atoms with Crippen molar-refractivity contribution in [2.45, 2.75) is 25.8 Å². The van der Waals surface area contributed by atoms with Gasteiger partial charge in [0.25, 0.3) is 0 Å². The van der Waals surface area contributed by atoms with Crippen LogP contribution in [-0.2, 0) is 0 Å². The minimum atomic E-state index is 0.525. The van der Waals surface area contributed by atoms with E-state index in [4.69, 9.17) is 0 Å². The van der Waals surface area contributed by atoms with Crippen molar-refractivity contribution in [1.29, 1.82) is 0 Å². The van der Waals surface area contributed by atoms with E-state index in [1.807, 2.05) is 6.92 Å². The third-order valence-corrected chi connectivity index (χ3v) is 3.12. The van der Waals surface area contributed by atoms with Gasteiger partial charge in [-0.25, -0.2) is 9.97 Å². The van der Waals surface area contributed by atoms with E-state index >= 15 is 0 Å². The van der Waals surface area contributed by atoms with Crippen molar-refractivity contribution in [3.63, 3.8) is 0 Å². The normalized spacial score (nSPS) is 17.7. The molecule has 0 amide bonds. The molecule has 0 saturated carbocycles. The van der Waals surface area contributed by atoms with E-state index in [1.165, 1.54) is 0 Å². The number of hydrogen-bond donors (Lipinski definition) is 2. The standard InChI is InChI=1S/C10H15BrN4/c1-7-13-6-9(11)10(14-7)15-8-2-4-12-5-3-8/h6,8,12H,2-5H2,1H3,(H,13,14,15). The first kappa shape index (κ1) is 10.8. The molecule has 15 heavy (non-hydrogen) atoms. The van der Waals surface area contributed by atoms with Crippen molar-refractivity contribution in [2.75, 3.05) is 18.4 Å². The molecule has 0 aliphatic carbocycles. The zero-order valence-corrected chi connectivity index (χ0v) is 10.3. The van der Waals surface area contributed by atoms with Gasteiger partial charge in [0, 0.05) is 12.2 Å². The van der Waals surface area contributed by atoms with Gasteiger partial charge in [0.05, 0.1) is 4.47 Å². The number of aromatic nitrogens is 2. The zero-order chi connectivity index (χ0) is 10.7. The van der Waals surface area contributed by atoms with Gasteiger partial charge in [-0.2, -0.15) is 0 Å². The maximum Gasteiger partial charge on any atom is 0.144 e. The first-order valence-electron chi connectivity index (χ1n) is 5.22. The lowest BCUT2D eigenvalue weighted by molar-refractivity contribution is 0.478. The molecule has 0 aromatic carbocycles. The number of hydrogen-bond acceptors (Lipinski definition) is 4. The zero-order valence-electron chi connectivity index (χ0n) is 8.76. The van der Waals surface area contributed by atoms with Gasteiger partial charge >= 0.3 is 0 Å². The van der Waals surface area contributed by atoms with Gasteiger partial charge in [-0.3, -0.25) is 0 Å². The fourth-order valence-electron chi connectivity index (χ4n) is 1.72. The van der Waals surface area contributed by atoms with Gasteiger partial charge in [-0.15, -0.1) is 0 Å². The van der Waals surface area contributed by atoms with E-state index in [0.29, 0.717) is 6.04 Å². The molecule has 1 aromatic heterocycles. The largest absolute Gasteiger partial charge is 0.366 e. The van der Waals surface area contributed by atoms with Crippen LogP contribution in [0.25, 0.3) is 0 Å². The Labute approximate surface area is 98.0 Å². The van der Waals surface area contributed by atoms with Gasteiger partial charge in [0.2, 0.25) is 0 Å². The van der Waals surface area contributed by atoms with Crippen LogP contribution in [0.4, 0.5) is 5.82 Å². The molecule has 0 atom stereocenters. The smallest absolute Gasteiger partial charge is 0.144 e. The summed E-state index contributed by atoms with van der Waals surface area (Å²) in [4.78, 5) is 8.50. The molecule has 82 valence electrons. The summed E-state index contributed by atoms with van der Waals surface area (Å²) < 4.78 is 0.937. The van der Waals surface area contributed by atoms with Crippen molar-refractivity contribution in [3.05, 3.63) is 16.5 Å². The predicted molar refractivity (Wildman–Crippen MR) is 64.0 cm³/mol. The van der Waals surface area contributed by atoms with E-state index in [-0.39, 0.29) is 0 Å². The lowest BCUT2D eigenvalue weighted by atomic mass is 10.1. The second kappa shape index (κ2) is 4.90. The summed E-state index contributed by atoms with van der Waals surface area (Å²) in [6, 6.07) is 0.525. The first-order chi connectivity index (χ1) is 7.25. The highest BCUT2D eigenvalue weighted by Gasteiger charge is 2.14. The topological polar surface area (TPSA) is 49.8 Å². The molecular formula is C10H15BrN4. The molecular weight excluding hydrogens is 256 g/mol. The third kappa shape index (κ3) is 2.89. The van der Waals surface area contributed by atoms with Crippen molar-refractivity contribution >= 4 is 21.7 Å². The van der Waals surface area contributed by atoms with Crippen LogP contribution in [0.1, 0.15) is 18.7 Å². The van der Waals surface area contributed by atoms with Crippen molar-refractivity contribution in [2.24, 2.45) is 0 Å². The van der Waals surface area contributed by atoms with Crippen LogP contribution in [0.2, 0.25) is 0 Å². The summed E-state index contributed by atoms with van der Waals surface area (Å²) in [7, 11) is 0. The fourth-order valence-corrected chi connectivity index (χ4v) is 2.02. The minimum absolute atomic E-state index is 0.525. The Morgan fingerprint density at radius 3 is 2.93 bits per heavy atom. The molecule has 1 aliphatic heterocycles. The molecule has 1 aliphatic rings. The maximum absolute atomic E-state index is 4.38. The fraction of sp³-hybridized carbons (Fsp3) is 0.600. The summed E-state index contributed by atoms with van der Waals surface area (Å²) in [5.74, 6) is 1.71. The average Bonchev–Trinajstić information content (AvgIpc) is 2.25. The highest BCUT2D eigenvalue weighted by atomic mass is 79.9. The number of nitrogens with one attached hydrogen (secondary N) is 2. The van der Waals surface area contributed by atoms with Crippen LogP contribution in [0, 0.1) is 6.92 Å². The number of nitrogens with zero attached hydrogens (tertiary/aromatic N) is 2. The highest BCUT2D eigenvalue weighted by molar-refractivity contribution is 9.10. The lowest BCUT2D eigenvalue weighted by Crippen LogP contribution is -2.35. The third-order valence-electron chi connectivity index (χ3n) is 2.54. The van der Waals surface area contributed by atoms with Gasteiger partial charge < -0.3 is 10.6 Å². The van der Waals surface area contributed by atoms with Crippen LogP contribution >= 0.6 is 15.9 Å². The van der Waals surface area contributed by atoms with E-state index < -0.39 is 0 Å². The Morgan fingerprint density at radius 2 is 2.20 bits per heavy atom. The van der Waals surface area contributed by atoms with Crippen molar-refractivity contribution < 1.29 is 0 Å². The minimum Gasteiger partial charge on any atom is -0.366 e. The highest BCUT2D eigenvalue weighted by Crippen LogP contribution is 2.20. The number of rotatable bonds is 2.